The summed E-state index contributed by atoms with van der Waals surface area (Å²) in [6.45, 7) is 2.47. The number of benzene rings is 1. The number of amides is 1. The maximum Gasteiger partial charge on any atom is 0.224 e. The third kappa shape index (κ3) is 5.46. The number of carbonyl (C=O) groups excluding carboxylic acids is 1. The van der Waals surface area contributed by atoms with Crippen molar-refractivity contribution in [1.29, 1.82) is 0 Å². The van der Waals surface area contributed by atoms with E-state index in [0.29, 0.717) is 31.3 Å². The predicted octanol–water partition coefficient (Wildman–Crippen LogP) is 1.35. The van der Waals surface area contributed by atoms with Crippen LogP contribution in [0.3, 0.4) is 0 Å². The maximum atomic E-state index is 12.2. The number of rotatable bonds is 6. The quantitative estimate of drug-likeness (QED) is 0.768. The summed E-state index contributed by atoms with van der Waals surface area (Å²) >= 11 is 6.09. The zero-order valence-corrected chi connectivity index (χ0v) is 14.6. The molecule has 1 aliphatic rings. The Morgan fingerprint density at radius 3 is 2.57 bits per heavy atom. The van der Waals surface area contributed by atoms with Crippen LogP contribution in [0, 0.1) is 0 Å². The van der Waals surface area contributed by atoms with Gasteiger partial charge in [0.25, 0.3) is 0 Å². The van der Waals surface area contributed by atoms with E-state index >= 15 is 0 Å². The summed E-state index contributed by atoms with van der Waals surface area (Å²) in [7, 11) is -3.43. The maximum absolute atomic E-state index is 12.2. The van der Waals surface area contributed by atoms with Gasteiger partial charge >= 0.3 is 0 Å². The normalized spacial score (nSPS) is 15.9. The van der Waals surface area contributed by atoms with E-state index in [2.05, 4.69) is 0 Å². The lowest BCUT2D eigenvalue weighted by atomic mass is 10.2. The summed E-state index contributed by atoms with van der Waals surface area (Å²) in [5.74, 6) is -0.0545. The van der Waals surface area contributed by atoms with Gasteiger partial charge < -0.3 is 9.64 Å². The molecule has 6 nitrogen and oxygen atoms in total. The summed E-state index contributed by atoms with van der Waals surface area (Å²) < 4.78 is 30.4. The smallest absolute Gasteiger partial charge is 0.224 e. The highest BCUT2D eigenvalue weighted by Crippen LogP contribution is 2.18. The van der Waals surface area contributed by atoms with Crippen molar-refractivity contribution < 1.29 is 17.9 Å². The van der Waals surface area contributed by atoms with Crippen LogP contribution in [0.25, 0.3) is 0 Å². The first kappa shape index (κ1) is 18.2. The Kier molecular flexibility index (Phi) is 6.41. The van der Waals surface area contributed by atoms with Crippen LogP contribution in [0.4, 0.5) is 0 Å². The first-order chi connectivity index (χ1) is 10.9. The van der Waals surface area contributed by atoms with Gasteiger partial charge in [0.15, 0.2) is 0 Å². The molecule has 0 bridgehead atoms. The molecule has 0 aliphatic carbocycles. The van der Waals surface area contributed by atoms with Crippen LogP contribution < -0.4 is 0 Å². The van der Waals surface area contributed by atoms with Gasteiger partial charge in [0.2, 0.25) is 15.9 Å². The lowest BCUT2D eigenvalue weighted by molar-refractivity contribution is -0.135. The molecule has 8 heteroatoms. The van der Waals surface area contributed by atoms with Crippen molar-refractivity contribution in [3.8, 4) is 0 Å². The van der Waals surface area contributed by atoms with Crippen molar-refractivity contribution in [2.24, 2.45) is 0 Å². The van der Waals surface area contributed by atoms with E-state index in [9.17, 15) is 13.2 Å². The average molecular weight is 361 g/mol. The molecule has 0 N–H and O–H groups in total. The van der Waals surface area contributed by atoms with Crippen molar-refractivity contribution in [2.45, 2.75) is 13.0 Å². The summed E-state index contributed by atoms with van der Waals surface area (Å²) in [6.07, 6.45) is 1.29. The van der Waals surface area contributed by atoms with Crippen molar-refractivity contribution >= 4 is 27.5 Å². The summed E-state index contributed by atoms with van der Waals surface area (Å²) in [6, 6.07) is 7.10. The van der Waals surface area contributed by atoms with Gasteiger partial charge in [-0.3, -0.25) is 4.79 Å². The second kappa shape index (κ2) is 8.10. The van der Waals surface area contributed by atoms with Gasteiger partial charge in [-0.1, -0.05) is 29.8 Å². The van der Waals surface area contributed by atoms with Gasteiger partial charge in [-0.15, -0.1) is 0 Å². The Bertz CT molecular complexity index is 645. The zero-order chi connectivity index (χ0) is 16.9. The highest BCUT2D eigenvalue weighted by Gasteiger charge is 2.22. The van der Waals surface area contributed by atoms with Crippen molar-refractivity contribution in [3.63, 3.8) is 0 Å². The van der Waals surface area contributed by atoms with E-state index in [0.717, 1.165) is 11.8 Å². The molecule has 128 valence electrons. The molecule has 23 heavy (non-hydrogen) atoms. The largest absolute Gasteiger partial charge is 0.378 e. The molecular formula is C15H21ClN2O4S. The fraction of sp³-hybridized carbons (Fsp3) is 0.533. The van der Waals surface area contributed by atoms with Crippen molar-refractivity contribution in [3.05, 3.63) is 34.9 Å². The van der Waals surface area contributed by atoms with Gasteiger partial charge in [0.1, 0.15) is 0 Å². The number of morpholine rings is 1. The molecule has 1 aliphatic heterocycles. The number of halogens is 1. The number of ether oxygens (including phenoxy) is 1. The second-order valence-corrected chi connectivity index (χ2v) is 7.82. The van der Waals surface area contributed by atoms with Gasteiger partial charge in [-0.25, -0.2) is 8.42 Å². The number of carbonyl (C=O) groups is 1. The lowest BCUT2D eigenvalue weighted by Gasteiger charge is -2.28. The molecule has 1 saturated heterocycles. The van der Waals surface area contributed by atoms with Gasteiger partial charge in [-0.2, -0.15) is 4.31 Å². The summed E-state index contributed by atoms with van der Waals surface area (Å²) in [5, 5.41) is 0.514. The third-order valence-corrected chi connectivity index (χ3v) is 5.33. The van der Waals surface area contributed by atoms with Crippen LogP contribution >= 0.6 is 11.6 Å². The monoisotopic (exact) mass is 360 g/mol. The molecule has 0 aromatic heterocycles. The molecule has 2 rings (SSSR count). The van der Waals surface area contributed by atoms with Crippen LogP contribution in [0.2, 0.25) is 5.02 Å². The Hall–Kier alpha value is -1.15. The Labute approximate surface area is 142 Å². The molecule has 1 heterocycles. The van der Waals surface area contributed by atoms with Crippen molar-refractivity contribution in [1.82, 2.24) is 9.21 Å². The summed E-state index contributed by atoms with van der Waals surface area (Å²) in [5.41, 5.74) is 0.721. The van der Waals surface area contributed by atoms with E-state index < -0.39 is 10.0 Å². The van der Waals surface area contributed by atoms with E-state index in [1.54, 1.807) is 29.2 Å². The number of sulfonamides is 1. The average Bonchev–Trinajstić information content (AvgIpc) is 2.52. The minimum atomic E-state index is -3.43. The molecule has 1 aromatic carbocycles. The second-order valence-electron chi connectivity index (χ2n) is 5.43. The molecule has 0 saturated carbocycles. The Morgan fingerprint density at radius 1 is 1.30 bits per heavy atom. The molecule has 0 atom stereocenters. The van der Waals surface area contributed by atoms with Crippen LogP contribution in [0.5, 0.6) is 0 Å². The molecule has 1 amide bonds. The van der Waals surface area contributed by atoms with Crippen LogP contribution in [0.1, 0.15) is 12.0 Å². The Morgan fingerprint density at radius 2 is 1.96 bits per heavy atom. The lowest BCUT2D eigenvalue weighted by Crippen LogP contribution is -2.42. The summed E-state index contributed by atoms with van der Waals surface area (Å²) in [4.78, 5) is 13.9. The van der Waals surface area contributed by atoms with Gasteiger partial charge in [0, 0.05) is 37.6 Å². The van der Waals surface area contributed by atoms with E-state index in [4.69, 9.17) is 16.3 Å². The SMILES string of the molecule is CS(=O)(=O)N(CCC(=O)N1CCOCC1)Cc1ccccc1Cl. The highest BCUT2D eigenvalue weighted by molar-refractivity contribution is 7.88. The Balaban J connectivity index is 1.99. The molecule has 1 fully saturated rings. The fourth-order valence-electron chi connectivity index (χ4n) is 2.37. The highest BCUT2D eigenvalue weighted by atomic mass is 35.5. The van der Waals surface area contributed by atoms with Crippen molar-refractivity contribution in [2.75, 3.05) is 39.1 Å². The molecular weight excluding hydrogens is 340 g/mol. The number of nitrogens with zero attached hydrogens (tertiary/aromatic N) is 2. The molecule has 0 radical (unpaired) electrons. The third-order valence-electron chi connectivity index (χ3n) is 3.71. The van der Waals surface area contributed by atoms with E-state index in [-0.39, 0.29) is 25.4 Å². The first-order valence-corrected chi connectivity index (χ1v) is 9.64. The van der Waals surface area contributed by atoms with Gasteiger partial charge in [-0.05, 0) is 11.6 Å². The predicted molar refractivity (Wildman–Crippen MR) is 88.7 cm³/mol. The molecule has 0 spiro atoms. The minimum Gasteiger partial charge on any atom is -0.378 e. The topological polar surface area (TPSA) is 66.9 Å². The van der Waals surface area contributed by atoms with E-state index in [1.165, 1.54) is 4.31 Å². The molecule has 0 unspecified atom stereocenters. The zero-order valence-electron chi connectivity index (χ0n) is 13.1. The van der Waals surface area contributed by atoms with Gasteiger partial charge in [0.05, 0.1) is 19.5 Å². The molecule has 1 aromatic rings. The standard InChI is InChI=1S/C15H21ClN2O4S/c1-23(20,21)18(12-13-4-2-3-5-14(13)16)7-6-15(19)17-8-10-22-11-9-17/h2-5H,6-12H2,1H3. The fourth-order valence-corrected chi connectivity index (χ4v) is 3.36. The van der Waals surface area contributed by atoms with Crippen LogP contribution in [-0.4, -0.2) is 62.6 Å². The van der Waals surface area contributed by atoms with Crippen LogP contribution in [-0.2, 0) is 26.1 Å². The first-order valence-electron chi connectivity index (χ1n) is 7.42. The van der Waals surface area contributed by atoms with E-state index in [1.807, 2.05) is 0 Å². The van der Waals surface area contributed by atoms with Crippen LogP contribution in [0.15, 0.2) is 24.3 Å². The number of hydrogen-bond donors (Lipinski definition) is 0. The number of hydrogen-bond acceptors (Lipinski definition) is 4. The minimum absolute atomic E-state index is 0.0545.